The Balaban J connectivity index is 1.55. The maximum Gasteiger partial charge on any atom is 0.251 e. The van der Waals surface area contributed by atoms with Crippen LogP contribution < -0.4 is 15.4 Å². The lowest BCUT2D eigenvalue weighted by Gasteiger charge is -2.39. The standard InChI is InChI=1S/C21H28N4O3S/c1-16-8-9-19(29(22,27)28)14-20(16)21(26)23-15-17(2)24-10-12-25(13-11-24)18-6-4-3-5-7-18/h3-9,14,17H,10-13,15H2,1-2H3,(H,23,26)(H2,22,27,28). The van der Waals surface area contributed by atoms with Crippen molar-refractivity contribution in [1.29, 1.82) is 0 Å². The molecule has 1 aliphatic heterocycles. The molecular formula is C21H28N4O3S. The number of nitrogens with one attached hydrogen (secondary N) is 1. The molecule has 2 aromatic rings. The van der Waals surface area contributed by atoms with E-state index >= 15 is 0 Å². The van der Waals surface area contributed by atoms with E-state index in [2.05, 4.69) is 34.2 Å². The summed E-state index contributed by atoms with van der Waals surface area (Å²) in [6, 6.07) is 14.9. The molecule has 8 heteroatoms. The van der Waals surface area contributed by atoms with Crippen LogP contribution in [0.3, 0.4) is 0 Å². The van der Waals surface area contributed by atoms with Crippen molar-refractivity contribution in [2.75, 3.05) is 37.6 Å². The highest BCUT2D eigenvalue weighted by Crippen LogP contribution is 2.17. The van der Waals surface area contributed by atoms with Gasteiger partial charge in [0.15, 0.2) is 0 Å². The molecular weight excluding hydrogens is 388 g/mol. The topological polar surface area (TPSA) is 95.7 Å². The smallest absolute Gasteiger partial charge is 0.251 e. The van der Waals surface area contributed by atoms with Crippen molar-refractivity contribution in [2.45, 2.75) is 24.8 Å². The number of carbonyl (C=O) groups is 1. The van der Waals surface area contributed by atoms with Crippen LogP contribution in [0.25, 0.3) is 0 Å². The van der Waals surface area contributed by atoms with Gasteiger partial charge >= 0.3 is 0 Å². The summed E-state index contributed by atoms with van der Waals surface area (Å²) in [4.78, 5) is 17.3. The van der Waals surface area contributed by atoms with Gasteiger partial charge in [-0.25, -0.2) is 13.6 Å². The second-order valence-corrected chi connectivity index (χ2v) is 9.00. The molecule has 7 nitrogen and oxygen atoms in total. The zero-order chi connectivity index (χ0) is 21.0. The van der Waals surface area contributed by atoms with Gasteiger partial charge in [0.25, 0.3) is 5.91 Å². The molecule has 0 saturated carbocycles. The number of nitrogens with two attached hydrogens (primary N) is 1. The van der Waals surface area contributed by atoms with Gasteiger partial charge in [0.05, 0.1) is 4.90 Å². The highest BCUT2D eigenvalue weighted by molar-refractivity contribution is 7.89. The monoisotopic (exact) mass is 416 g/mol. The first-order chi connectivity index (χ1) is 13.8. The molecule has 3 rings (SSSR count). The number of para-hydroxylation sites is 1. The number of sulfonamides is 1. The number of piperazine rings is 1. The fourth-order valence-corrected chi connectivity index (χ4v) is 4.09. The highest BCUT2D eigenvalue weighted by atomic mass is 32.2. The van der Waals surface area contributed by atoms with Crippen LogP contribution in [0, 0.1) is 6.92 Å². The molecule has 1 amide bonds. The predicted molar refractivity (Wildman–Crippen MR) is 115 cm³/mol. The van der Waals surface area contributed by atoms with Crippen molar-refractivity contribution in [3.8, 4) is 0 Å². The minimum Gasteiger partial charge on any atom is -0.369 e. The van der Waals surface area contributed by atoms with Gasteiger partial charge in [-0.3, -0.25) is 9.69 Å². The summed E-state index contributed by atoms with van der Waals surface area (Å²) in [5.74, 6) is -0.289. The van der Waals surface area contributed by atoms with Crippen molar-refractivity contribution in [1.82, 2.24) is 10.2 Å². The Morgan fingerprint density at radius 1 is 1.10 bits per heavy atom. The Bertz CT molecular complexity index is 955. The summed E-state index contributed by atoms with van der Waals surface area (Å²) in [7, 11) is -3.85. The lowest BCUT2D eigenvalue weighted by molar-refractivity contribution is 0.0933. The minimum absolute atomic E-state index is 0.0571. The normalized spacial score (nSPS) is 16.4. The molecule has 1 heterocycles. The summed E-state index contributed by atoms with van der Waals surface area (Å²) < 4.78 is 23.1. The number of primary sulfonamides is 1. The number of hydrogen-bond donors (Lipinski definition) is 2. The van der Waals surface area contributed by atoms with Gasteiger partial charge in [0, 0.05) is 50.0 Å². The zero-order valence-corrected chi connectivity index (χ0v) is 17.7. The lowest BCUT2D eigenvalue weighted by atomic mass is 10.1. The number of rotatable bonds is 6. The minimum atomic E-state index is -3.85. The molecule has 29 heavy (non-hydrogen) atoms. The molecule has 1 unspecified atom stereocenters. The SMILES string of the molecule is Cc1ccc(S(N)(=O)=O)cc1C(=O)NCC(C)N1CCN(c2ccccc2)CC1. The number of carbonyl (C=O) groups excluding carboxylic acids is 1. The van der Waals surface area contributed by atoms with E-state index in [1.54, 1.807) is 13.0 Å². The fourth-order valence-electron chi connectivity index (χ4n) is 3.55. The second kappa shape index (κ2) is 8.94. The van der Waals surface area contributed by atoms with Crippen LogP contribution in [-0.2, 0) is 10.0 Å². The number of hydrogen-bond acceptors (Lipinski definition) is 5. The van der Waals surface area contributed by atoms with Crippen molar-refractivity contribution >= 4 is 21.6 Å². The summed E-state index contributed by atoms with van der Waals surface area (Å²) in [6.45, 7) is 8.08. The van der Waals surface area contributed by atoms with Crippen LogP contribution in [0.1, 0.15) is 22.8 Å². The molecule has 0 aromatic heterocycles. The van der Waals surface area contributed by atoms with E-state index in [1.165, 1.54) is 17.8 Å². The van der Waals surface area contributed by atoms with E-state index in [-0.39, 0.29) is 16.8 Å². The molecule has 2 aromatic carbocycles. The Labute approximate surface area is 172 Å². The molecule has 0 aliphatic carbocycles. The number of aryl methyl sites for hydroxylation is 1. The largest absolute Gasteiger partial charge is 0.369 e. The van der Waals surface area contributed by atoms with E-state index in [9.17, 15) is 13.2 Å². The second-order valence-electron chi connectivity index (χ2n) is 7.44. The zero-order valence-electron chi connectivity index (χ0n) is 16.8. The molecule has 0 radical (unpaired) electrons. The van der Waals surface area contributed by atoms with Crippen molar-refractivity contribution in [3.63, 3.8) is 0 Å². The van der Waals surface area contributed by atoms with Gasteiger partial charge in [-0.15, -0.1) is 0 Å². The highest BCUT2D eigenvalue weighted by Gasteiger charge is 2.22. The van der Waals surface area contributed by atoms with Gasteiger partial charge in [-0.1, -0.05) is 24.3 Å². The lowest BCUT2D eigenvalue weighted by Crippen LogP contribution is -2.52. The maximum atomic E-state index is 12.6. The summed E-state index contributed by atoms with van der Waals surface area (Å²) in [6.07, 6.45) is 0. The molecule has 1 saturated heterocycles. The van der Waals surface area contributed by atoms with Crippen molar-refractivity contribution < 1.29 is 13.2 Å². The first-order valence-corrected chi connectivity index (χ1v) is 11.3. The number of anilines is 1. The molecule has 0 spiro atoms. The van der Waals surface area contributed by atoms with Crippen LogP contribution in [-0.4, -0.2) is 58.0 Å². The van der Waals surface area contributed by atoms with E-state index < -0.39 is 10.0 Å². The van der Waals surface area contributed by atoms with Crippen LogP contribution in [0.2, 0.25) is 0 Å². The van der Waals surface area contributed by atoms with Crippen molar-refractivity contribution in [2.24, 2.45) is 5.14 Å². The molecule has 1 atom stereocenters. The third kappa shape index (κ3) is 5.35. The first kappa shape index (κ1) is 21.3. The molecule has 3 N–H and O–H groups in total. The molecule has 0 bridgehead atoms. The summed E-state index contributed by atoms with van der Waals surface area (Å²) in [5, 5.41) is 8.11. The van der Waals surface area contributed by atoms with Gasteiger partial charge in [-0.2, -0.15) is 0 Å². The van der Waals surface area contributed by atoms with Gasteiger partial charge < -0.3 is 10.2 Å². The molecule has 1 fully saturated rings. The average molecular weight is 417 g/mol. The van der Waals surface area contributed by atoms with Crippen LogP contribution in [0.4, 0.5) is 5.69 Å². The predicted octanol–water partition coefficient (Wildman–Crippen LogP) is 1.58. The number of nitrogens with zero attached hydrogens (tertiary/aromatic N) is 2. The third-order valence-electron chi connectivity index (χ3n) is 5.40. The van der Waals surface area contributed by atoms with Gasteiger partial charge in [0.2, 0.25) is 10.0 Å². The van der Waals surface area contributed by atoms with Gasteiger partial charge in [-0.05, 0) is 43.7 Å². The summed E-state index contributed by atoms with van der Waals surface area (Å²) in [5.41, 5.74) is 2.27. The summed E-state index contributed by atoms with van der Waals surface area (Å²) >= 11 is 0. The van der Waals surface area contributed by atoms with E-state index in [4.69, 9.17) is 5.14 Å². The Kier molecular flexibility index (Phi) is 6.56. The first-order valence-electron chi connectivity index (χ1n) is 9.71. The van der Waals surface area contributed by atoms with E-state index in [0.717, 1.165) is 26.2 Å². The third-order valence-corrected chi connectivity index (χ3v) is 6.31. The number of amides is 1. The van der Waals surface area contributed by atoms with Crippen LogP contribution in [0.15, 0.2) is 53.4 Å². The molecule has 156 valence electrons. The van der Waals surface area contributed by atoms with E-state index in [0.29, 0.717) is 17.7 Å². The van der Waals surface area contributed by atoms with E-state index in [1.807, 2.05) is 18.2 Å². The maximum absolute atomic E-state index is 12.6. The fraction of sp³-hybridized carbons (Fsp3) is 0.381. The Hall–Kier alpha value is -2.42. The molecule has 1 aliphatic rings. The average Bonchev–Trinajstić information content (AvgIpc) is 2.72. The number of benzene rings is 2. The van der Waals surface area contributed by atoms with Gasteiger partial charge in [0.1, 0.15) is 0 Å². The Morgan fingerprint density at radius 3 is 2.38 bits per heavy atom. The van der Waals surface area contributed by atoms with Crippen LogP contribution >= 0.6 is 0 Å². The Morgan fingerprint density at radius 2 is 1.76 bits per heavy atom. The van der Waals surface area contributed by atoms with Crippen LogP contribution in [0.5, 0.6) is 0 Å². The van der Waals surface area contributed by atoms with Crippen molar-refractivity contribution in [3.05, 3.63) is 59.7 Å². The quantitative estimate of drug-likeness (QED) is 0.745.